The van der Waals surface area contributed by atoms with E-state index in [4.69, 9.17) is 28.9 Å². The Labute approximate surface area is 472 Å². The van der Waals surface area contributed by atoms with Gasteiger partial charge in [-0.25, -0.2) is 19.6 Å². The van der Waals surface area contributed by atoms with E-state index in [0.29, 0.717) is 81.9 Å². The van der Waals surface area contributed by atoms with Gasteiger partial charge in [0.1, 0.15) is 22.8 Å². The average Bonchev–Trinajstić information content (AvgIpc) is 4.43. The number of amides is 2. The molecule has 3 saturated carbocycles. The molecule has 8 fully saturated rings. The fraction of sp³-hybridized carbons (Fsp3) is 0.607. The van der Waals surface area contributed by atoms with Gasteiger partial charge in [0.15, 0.2) is 0 Å². The van der Waals surface area contributed by atoms with Gasteiger partial charge in [-0.2, -0.15) is 0 Å². The van der Waals surface area contributed by atoms with Gasteiger partial charge >= 0.3 is 5.97 Å². The van der Waals surface area contributed by atoms with Crippen LogP contribution in [-0.2, 0) is 46.3 Å². The molecule has 0 radical (unpaired) electrons. The molecule has 7 atom stereocenters. The minimum atomic E-state index is -1.16. The number of ether oxygens (including phenoxy) is 4. The summed E-state index contributed by atoms with van der Waals surface area (Å²) >= 11 is 1.42. The van der Waals surface area contributed by atoms with Gasteiger partial charge in [0, 0.05) is 135 Å². The number of carbonyl (C=O) groups excluding carboxylic acids is 3. The summed E-state index contributed by atoms with van der Waals surface area (Å²) in [5.41, 5.74) is 10.1. The van der Waals surface area contributed by atoms with Gasteiger partial charge in [-0.15, -0.1) is 11.3 Å². The van der Waals surface area contributed by atoms with Crippen LogP contribution in [0.25, 0.3) is 33.4 Å². The number of fused-ring (bicyclic) bond motifs is 4. The largest absolute Gasteiger partial charge is 0.464 e. The van der Waals surface area contributed by atoms with Crippen molar-refractivity contribution in [1.82, 2.24) is 45.1 Å². The van der Waals surface area contributed by atoms with Gasteiger partial charge in [0.25, 0.3) is 5.91 Å². The Balaban J connectivity index is 0.949. The van der Waals surface area contributed by atoms with E-state index < -0.39 is 47.0 Å². The highest BCUT2D eigenvalue weighted by Gasteiger charge is 2.59. The highest BCUT2D eigenvalue weighted by atomic mass is 32.1. The summed E-state index contributed by atoms with van der Waals surface area (Å²) in [5.74, 6) is -1.56. The number of piperazine rings is 1. The number of likely N-dealkylation sites (tertiary alicyclic amines) is 1. The molecule has 1 spiro atoms. The predicted molar refractivity (Wildman–Crippen MR) is 302 cm³/mol. The number of aromatic nitrogens is 4. The molecule has 4 aromatic heterocycles. The summed E-state index contributed by atoms with van der Waals surface area (Å²) in [5, 5.41) is 8.44. The number of esters is 1. The van der Waals surface area contributed by atoms with E-state index in [1.165, 1.54) is 29.2 Å². The van der Waals surface area contributed by atoms with Gasteiger partial charge in [-0.3, -0.25) is 34.4 Å². The summed E-state index contributed by atoms with van der Waals surface area (Å²) in [6.07, 6.45) is 8.54. The summed E-state index contributed by atoms with van der Waals surface area (Å²) in [6, 6.07) is 13.3. The van der Waals surface area contributed by atoms with E-state index in [2.05, 4.69) is 75.1 Å². The lowest BCUT2D eigenvalue weighted by Crippen LogP contribution is -2.75. The number of pyridine rings is 2. The van der Waals surface area contributed by atoms with Crippen LogP contribution in [0, 0.1) is 23.2 Å². The molecule has 2 N–H and O–H groups in total. The van der Waals surface area contributed by atoms with Crippen LogP contribution in [0.3, 0.4) is 0 Å². The highest BCUT2D eigenvalue weighted by Crippen LogP contribution is 2.54. The van der Waals surface area contributed by atoms with E-state index >= 15 is 9.18 Å². The SMILES string of the molecule is CO[C@@H](C)c1ncc(N2CCN(C3CC3)CC2)cc1-c1c2c3cc(ccc3n1CCOC1CCOCC1)-c1csc(n1)[C@@H](N1CC[C@H](F)C1)[C@H](NC(=O)[C@@H]1[C@@H](C)[C@H]1c1ccccn1)C(=O)N1CC3CC(C3)(N1)C(=O)OCC(C)(C)C2. The average molecular weight is 1110 g/mol. The lowest BCUT2D eigenvalue weighted by atomic mass is 9.66. The number of benzene rings is 1. The van der Waals surface area contributed by atoms with E-state index in [0.717, 1.165) is 89.4 Å². The molecule has 10 heterocycles. The number of carbonyl (C=O) groups is 3. The second-order valence-electron chi connectivity index (χ2n) is 25.0. The maximum absolute atomic E-state index is 15.6. The minimum Gasteiger partial charge on any atom is -0.464 e. The molecule has 80 heavy (non-hydrogen) atoms. The molecule has 0 unspecified atom stereocenters. The Morgan fingerprint density at radius 3 is 2.54 bits per heavy atom. The third-order valence-corrected chi connectivity index (χ3v) is 19.7. The molecule has 14 rings (SSSR count). The Hall–Kier alpha value is -5.41. The smallest absolute Gasteiger partial charge is 0.328 e. The van der Waals surface area contributed by atoms with Gasteiger partial charge in [0.05, 0.1) is 60.4 Å². The summed E-state index contributed by atoms with van der Waals surface area (Å²) in [7, 11) is 1.73. The third kappa shape index (κ3) is 10.4. The molecule has 5 saturated heterocycles. The molecule has 1 aromatic carbocycles. The number of thiazole rings is 1. The molecule has 426 valence electrons. The van der Waals surface area contributed by atoms with Gasteiger partial charge in [-0.05, 0) is 106 Å². The normalized spacial score (nSPS) is 29.8. The first-order valence-electron chi connectivity index (χ1n) is 29.4. The van der Waals surface area contributed by atoms with Crippen molar-refractivity contribution in [2.24, 2.45) is 23.2 Å². The fourth-order valence-electron chi connectivity index (χ4n) is 14.1. The number of nitrogens with zero attached hydrogens (tertiary/aromatic N) is 8. The molecule has 3 aliphatic carbocycles. The van der Waals surface area contributed by atoms with Crippen LogP contribution < -0.4 is 15.6 Å². The van der Waals surface area contributed by atoms with Crippen molar-refractivity contribution in [2.45, 2.75) is 134 Å². The fourth-order valence-corrected chi connectivity index (χ4v) is 15.1. The Bertz CT molecular complexity index is 3110. The van der Waals surface area contributed by atoms with E-state index in [-0.39, 0.29) is 49.0 Å². The number of cyclic esters (lactones) is 1. The van der Waals surface area contributed by atoms with Crippen molar-refractivity contribution >= 4 is 45.7 Å². The van der Waals surface area contributed by atoms with Crippen LogP contribution >= 0.6 is 11.3 Å². The molecule has 5 aromatic rings. The first kappa shape index (κ1) is 53.9. The molecule has 7 bridgehead atoms. The summed E-state index contributed by atoms with van der Waals surface area (Å²) in [6.45, 7) is 15.6. The number of hydrogen-bond acceptors (Lipinski definition) is 15. The lowest BCUT2D eigenvalue weighted by Gasteiger charge is -2.55. The van der Waals surface area contributed by atoms with Gasteiger partial charge in [0.2, 0.25) is 5.91 Å². The third-order valence-electron chi connectivity index (χ3n) is 18.8. The van der Waals surface area contributed by atoms with Crippen LogP contribution in [0.15, 0.2) is 60.2 Å². The van der Waals surface area contributed by atoms with Crippen LogP contribution in [-0.4, -0.2) is 161 Å². The zero-order valence-corrected chi connectivity index (χ0v) is 47.7. The standard InChI is InChI=1S/C61H77FN10O7S/c1-36-50(47-8-6-7-16-63-47)51(36)56(73)66-53-55(70-17-13-40(62)33-70)57-65-48(34-80-57)39-9-12-49-44(26-39)46(30-60(3,4)35-79-59(75)61-28-38(29-61)32-72(67-61)58(53)74)54(71(49)22-25-78-43-14-23-77-24-15-43)45-27-42(31-64-52(45)37(2)76-5)69-20-18-68(19-21-69)41-10-11-41/h6-9,12,16,26-27,31,34,36-38,40-41,43,50-51,53,55,67H,10-11,13-15,17-25,28-30,32-33,35H2,1-5H3,(H,66,73)/t36-,37-,38?,40-,50-,51+,53-,55-,61?/m0/s1. The van der Waals surface area contributed by atoms with Gasteiger partial charge < -0.3 is 33.7 Å². The van der Waals surface area contributed by atoms with Crippen LogP contribution in [0.5, 0.6) is 0 Å². The van der Waals surface area contributed by atoms with Crippen LogP contribution in [0.2, 0.25) is 0 Å². The van der Waals surface area contributed by atoms with Crippen molar-refractivity contribution in [2.75, 3.05) is 84.3 Å². The summed E-state index contributed by atoms with van der Waals surface area (Å²) in [4.78, 5) is 67.4. The van der Waals surface area contributed by atoms with E-state index in [1.54, 1.807) is 13.3 Å². The first-order valence-corrected chi connectivity index (χ1v) is 30.3. The van der Waals surface area contributed by atoms with E-state index in [1.807, 2.05) is 41.6 Å². The number of alkyl halides is 1. The maximum Gasteiger partial charge on any atom is 0.328 e. The second kappa shape index (κ2) is 21.7. The monoisotopic (exact) mass is 1110 g/mol. The van der Waals surface area contributed by atoms with Crippen LogP contribution in [0.1, 0.15) is 113 Å². The zero-order chi connectivity index (χ0) is 55.0. The highest BCUT2D eigenvalue weighted by molar-refractivity contribution is 7.10. The zero-order valence-electron chi connectivity index (χ0n) is 46.9. The van der Waals surface area contributed by atoms with Crippen LogP contribution in [0.4, 0.5) is 10.1 Å². The van der Waals surface area contributed by atoms with E-state index in [9.17, 15) is 9.59 Å². The predicted octanol–water partition coefficient (Wildman–Crippen LogP) is 7.65. The quantitative estimate of drug-likeness (QED) is 0.110. The first-order chi connectivity index (χ1) is 38.7. The summed E-state index contributed by atoms with van der Waals surface area (Å²) < 4.78 is 43.0. The van der Waals surface area contributed by atoms with Crippen molar-refractivity contribution in [3.63, 3.8) is 0 Å². The number of halogens is 1. The number of methoxy groups -OCH3 is 1. The second-order valence-corrected chi connectivity index (χ2v) is 25.9. The minimum absolute atomic E-state index is 0.00757. The Kier molecular flexibility index (Phi) is 14.6. The number of hydrazine groups is 1. The van der Waals surface area contributed by atoms with Crippen molar-refractivity contribution in [1.29, 1.82) is 0 Å². The Morgan fingerprint density at radius 1 is 0.988 bits per heavy atom. The molecule has 2 amide bonds. The van der Waals surface area contributed by atoms with Crippen molar-refractivity contribution in [3.8, 4) is 22.5 Å². The number of nitrogens with one attached hydrogen (secondary N) is 2. The molecule has 9 aliphatic rings. The van der Waals surface area contributed by atoms with Crippen molar-refractivity contribution in [3.05, 3.63) is 82.2 Å². The molecule has 17 nitrogen and oxygen atoms in total. The molecule has 6 aliphatic heterocycles. The lowest BCUT2D eigenvalue weighted by molar-refractivity contribution is -0.180. The maximum atomic E-state index is 15.6. The van der Waals surface area contributed by atoms with Gasteiger partial charge in [-0.1, -0.05) is 32.9 Å². The Morgan fingerprint density at radius 2 is 1.80 bits per heavy atom. The number of hydrogen-bond donors (Lipinski definition) is 2. The number of anilines is 1. The molecular formula is C61H77FN10O7S. The molecule has 19 heteroatoms. The topological polar surface area (TPSA) is 169 Å². The number of rotatable bonds is 13. The molecular weight excluding hydrogens is 1040 g/mol. The van der Waals surface area contributed by atoms with Crippen molar-refractivity contribution < 1.29 is 37.7 Å².